The van der Waals surface area contributed by atoms with E-state index in [9.17, 15) is 4.79 Å². The summed E-state index contributed by atoms with van der Waals surface area (Å²) >= 11 is 0. The van der Waals surface area contributed by atoms with Crippen molar-refractivity contribution < 1.29 is 4.90 Å². The first-order valence-electron chi connectivity index (χ1n) is 8.09. The van der Waals surface area contributed by atoms with Crippen LogP contribution in [-0.2, 0) is 0 Å². The molecule has 112 valence electrons. The monoisotopic (exact) mass is 286 g/mol. The van der Waals surface area contributed by atoms with E-state index in [4.69, 9.17) is 0 Å². The zero-order valence-electron chi connectivity index (χ0n) is 12.7. The van der Waals surface area contributed by atoms with Gasteiger partial charge < -0.3 is 9.88 Å². The summed E-state index contributed by atoms with van der Waals surface area (Å²) in [4.78, 5) is 21.4. The van der Waals surface area contributed by atoms with E-state index in [0.29, 0.717) is 5.39 Å². The van der Waals surface area contributed by atoms with Crippen LogP contribution in [0.1, 0.15) is 50.9 Å². The molecule has 2 heterocycles. The second kappa shape index (κ2) is 6.39. The van der Waals surface area contributed by atoms with Crippen molar-refractivity contribution in [2.75, 3.05) is 13.1 Å². The molecule has 0 bridgehead atoms. The molecular weight excluding hydrogens is 262 g/mol. The third kappa shape index (κ3) is 3.16. The molecular formula is C17H24N3O+. The van der Waals surface area contributed by atoms with Crippen molar-refractivity contribution in [2.45, 2.75) is 45.1 Å². The van der Waals surface area contributed by atoms with Crippen molar-refractivity contribution in [1.82, 2.24) is 9.97 Å². The number of rotatable bonds is 2. The number of benzene rings is 1. The van der Waals surface area contributed by atoms with E-state index >= 15 is 0 Å². The highest BCUT2D eigenvalue weighted by Gasteiger charge is 2.22. The fraction of sp³-hybridized carbons (Fsp3) is 0.529. The van der Waals surface area contributed by atoms with Gasteiger partial charge in [0.05, 0.1) is 24.0 Å². The minimum absolute atomic E-state index is 0.0195. The van der Waals surface area contributed by atoms with Gasteiger partial charge in [0.1, 0.15) is 6.04 Å². The SMILES string of the molecule is C[C@H](c1nc2ccccc2c(=O)[nH]1)[NH+]1CCCCCCC1. The van der Waals surface area contributed by atoms with E-state index in [2.05, 4.69) is 16.9 Å². The second-order valence-corrected chi connectivity index (χ2v) is 6.12. The molecule has 4 heteroatoms. The van der Waals surface area contributed by atoms with Crippen molar-refractivity contribution >= 4 is 10.9 Å². The molecule has 1 aromatic heterocycles. The summed E-state index contributed by atoms with van der Waals surface area (Å²) in [5, 5.41) is 0.677. The van der Waals surface area contributed by atoms with E-state index in [1.807, 2.05) is 24.3 Å². The van der Waals surface area contributed by atoms with Crippen LogP contribution in [0, 0.1) is 0 Å². The van der Waals surface area contributed by atoms with Crippen LogP contribution < -0.4 is 10.5 Å². The number of H-pyrrole nitrogens is 1. The number of fused-ring (bicyclic) bond motifs is 1. The lowest BCUT2D eigenvalue weighted by atomic mass is 10.1. The third-order valence-corrected chi connectivity index (χ3v) is 4.65. The highest BCUT2D eigenvalue weighted by molar-refractivity contribution is 5.77. The molecule has 0 amide bonds. The van der Waals surface area contributed by atoms with Crippen LogP contribution >= 0.6 is 0 Å². The van der Waals surface area contributed by atoms with Gasteiger partial charge >= 0.3 is 0 Å². The van der Waals surface area contributed by atoms with Crippen molar-refractivity contribution in [2.24, 2.45) is 0 Å². The molecule has 3 rings (SSSR count). The Labute approximate surface area is 125 Å². The Morgan fingerprint density at radius 2 is 1.76 bits per heavy atom. The number of nitrogens with zero attached hydrogens (tertiary/aromatic N) is 1. The maximum atomic E-state index is 12.2. The molecule has 1 aliphatic rings. The summed E-state index contributed by atoms with van der Waals surface area (Å²) < 4.78 is 0. The molecule has 2 aromatic rings. The predicted octanol–water partition coefficient (Wildman–Crippen LogP) is 1.83. The van der Waals surface area contributed by atoms with Crippen LogP contribution in [0.15, 0.2) is 29.1 Å². The highest BCUT2D eigenvalue weighted by Crippen LogP contribution is 2.10. The molecule has 0 radical (unpaired) electrons. The molecule has 0 spiro atoms. The van der Waals surface area contributed by atoms with Gasteiger partial charge in [-0.3, -0.25) is 4.79 Å². The Balaban J connectivity index is 1.89. The molecule has 1 atom stereocenters. The third-order valence-electron chi connectivity index (χ3n) is 4.65. The normalized spacial score (nSPS) is 19.1. The topological polar surface area (TPSA) is 50.2 Å². The fourth-order valence-corrected chi connectivity index (χ4v) is 3.30. The van der Waals surface area contributed by atoms with Gasteiger partial charge in [0.25, 0.3) is 5.56 Å². The number of aromatic amines is 1. The number of likely N-dealkylation sites (tertiary alicyclic amines) is 1. The number of hydrogen-bond donors (Lipinski definition) is 2. The van der Waals surface area contributed by atoms with Crippen LogP contribution in [0.5, 0.6) is 0 Å². The van der Waals surface area contributed by atoms with Crippen LogP contribution in [0.3, 0.4) is 0 Å². The Bertz CT molecular complexity index is 656. The molecule has 2 N–H and O–H groups in total. The van der Waals surface area contributed by atoms with E-state index < -0.39 is 0 Å². The molecule has 0 saturated carbocycles. The first-order chi connectivity index (χ1) is 10.3. The molecule has 0 aliphatic carbocycles. The molecule has 4 nitrogen and oxygen atoms in total. The molecule has 1 fully saturated rings. The van der Waals surface area contributed by atoms with Crippen LogP contribution in [-0.4, -0.2) is 23.1 Å². The Morgan fingerprint density at radius 1 is 1.10 bits per heavy atom. The quantitative estimate of drug-likeness (QED) is 0.885. The molecule has 1 aromatic carbocycles. The lowest BCUT2D eigenvalue weighted by Gasteiger charge is -2.27. The van der Waals surface area contributed by atoms with Gasteiger partial charge in [-0.25, -0.2) is 4.98 Å². The summed E-state index contributed by atoms with van der Waals surface area (Å²) in [6.45, 7) is 4.54. The van der Waals surface area contributed by atoms with Gasteiger partial charge in [0, 0.05) is 0 Å². The summed E-state index contributed by atoms with van der Waals surface area (Å²) in [5.74, 6) is 0.828. The number of quaternary nitrogens is 1. The largest absolute Gasteiger partial charge is 0.326 e. The van der Waals surface area contributed by atoms with Crippen molar-refractivity contribution in [1.29, 1.82) is 0 Å². The van der Waals surface area contributed by atoms with Crippen LogP contribution in [0.2, 0.25) is 0 Å². The second-order valence-electron chi connectivity index (χ2n) is 6.12. The molecule has 1 saturated heterocycles. The van der Waals surface area contributed by atoms with Gasteiger partial charge in [-0.05, 0) is 44.7 Å². The Hall–Kier alpha value is -1.68. The lowest BCUT2D eigenvalue weighted by Crippen LogP contribution is -3.12. The summed E-state index contributed by atoms with van der Waals surface area (Å²) in [6.07, 6.45) is 6.58. The van der Waals surface area contributed by atoms with Crippen molar-refractivity contribution in [3.63, 3.8) is 0 Å². The molecule has 0 unspecified atom stereocenters. The van der Waals surface area contributed by atoms with Gasteiger partial charge in [-0.15, -0.1) is 0 Å². The zero-order chi connectivity index (χ0) is 14.7. The molecule has 21 heavy (non-hydrogen) atoms. The maximum Gasteiger partial charge on any atom is 0.258 e. The van der Waals surface area contributed by atoms with Gasteiger partial charge in [0.2, 0.25) is 0 Å². The van der Waals surface area contributed by atoms with Gasteiger partial charge in [-0.1, -0.05) is 18.6 Å². The maximum absolute atomic E-state index is 12.2. The Morgan fingerprint density at radius 3 is 2.52 bits per heavy atom. The number of nitrogens with one attached hydrogen (secondary N) is 2. The number of aromatic nitrogens is 2. The predicted molar refractivity (Wildman–Crippen MR) is 84.6 cm³/mol. The fourth-order valence-electron chi connectivity index (χ4n) is 3.30. The summed E-state index contributed by atoms with van der Waals surface area (Å²) in [7, 11) is 0. The van der Waals surface area contributed by atoms with E-state index in [1.54, 1.807) is 4.90 Å². The van der Waals surface area contributed by atoms with Gasteiger partial charge in [-0.2, -0.15) is 0 Å². The summed E-state index contributed by atoms with van der Waals surface area (Å²) in [6, 6.07) is 7.82. The van der Waals surface area contributed by atoms with Crippen molar-refractivity contribution in [3.05, 3.63) is 40.4 Å². The minimum Gasteiger partial charge on any atom is -0.326 e. The van der Waals surface area contributed by atoms with E-state index in [0.717, 1.165) is 11.3 Å². The first-order valence-corrected chi connectivity index (χ1v) is 8.09. The lowest BCUT2D eigenvalue weighted by molar-refractivity contribution is -0.931. The highest BCUT2D eigenvalue weighted by atomic mass is 16.1. The van der Waals surface area contributed by atoms with Crippen LogP contribution in [0.25, 0.3) is 10.9 Å². The first kappa shape index (κ1) is 14.3. The van der Waals surface area contributed by atoms with E-state index in [1.165, 1.54) is 45.2 Å². The average molecular weight is 286 g/mol. The number of hydrogen-bond acceptors (Lipinski definition) is 2. The average Bonchev–Trinajstić information content (AvgIpc) is 2.46. The Kier molecular flexibility index (Phi) is 4.34. The van der Waals surface area contributed by atoms with Crippen LogP contribution in [0.4, 0.5) is 0 Å². The summed E-state index contributed by atoms with van der Waals surface area (Å²) in [5.41, 5.74) is 0.781. The minimum atomic E-state index is -0.0195. The zero-order valence-corrected chi connectivity index (χ0v) is 12.7. The van der Waals surface area contributed by atoms with Crippen molar-refractivity contribution in [3.8, 4) is 0 Å². The standard InChI is InChI=1S/C17H23N3O/c1-13(20-11-7-3-2-4-8-12-20)16-18-15-10-6-5-9-14(15)17(21)19-16/h5-6,9-10,13H,2-4,7-8,11-12H2,1H3,(H,18,19,21)/p+1/t13-/m1/s1. The smallest absolute Gasteiger partial charge is 0.258 e. The van der Waals surface area contributed by atoms with Gasteiger partial charge in [0.15, 0.2) is 5.82 Å². The number of para-hydroxylation sites is 1. The molecule has 1 aliphatic heterocycles. The van der Waals surface area contributed by atoms with E-state index in [-0.39, 0.29) is 11.6 Å².